The summed E-state index contributed by atoms with van der Waals surface area (Å²) < 4.78 is 0. The van der Waals surface area contributed by atoms with Crippen LogP contribution in [-0.4, -0.2) is 55.2 Å². The van der Waals surface area contributed by atoms with Gasteiger partial charge in [0.05, 0.1) is 6.54 Å². The molecule has 2 atom stereocenters. The number of benzene rings is 1. The third-order valence-corrected chi connectivity index (χ3v) is 5.07. The van der Waals surface area contributed by atoms with E-state index >= 15 is 0 Å². The minimum Gasteiger partial charge on any atom is -0.384 e. The average molecular weight is 375 g/mol. The van der Waals surface area contributed by atoms with Gasteiger partial charge in [-0.15, -0.1) is 0 Å². The van der Waals surface area contributed by atoms with Gasteiger partial charge in [0.15, 0.2) is 5.96 Å². The molecule has 5 nitrogen and oxygen atoms in total. The predicted octanol–water partition coefficient (Wildman–Crippen LogP) is 2.82. The Balaban J connectivity index is 1.90. The van der Waals surface area contributed by atoms with E-state index in [-0.39, 0.29) is 0 Å². The molecule has 152 valence electrons. The van der Waals surface area contributed by atoms with Gasteiger partial charge >= 0.3 is 0 Å². The first-order valence-electron chi connectivity index (χ1n) is 10.4. The second-order valence-electron chi connectivity index (χ2n) is 8.38. The van der Waals surface area contributed by atoms with E-state index in [0.717, 1.165) is 37.1 Å². The number of piperidine rings is 1. The van der Waals surface area contributed by atoms with Crippen LogP contribution >= 0.6 is 0 Å². The van der Waals surface area contributed by atoms with Crippen molar-refractivity contribution in [3.05, 3.63) is 35.9 Å². The van der Waals surface area contributed by atoms with Crippen LogP contribution < -0.4 is 10.6 Å². The van der Waals surface area contributed by atoms with Gasteiger partial charge in [0.25, 0.3) is 0 Å². The molecule has 0 aromatic heterocycles. The molecule has 0 bridgehead atoms. The molecule has 27 heavy (non-hydrogen) atoms. The monoisotopic (exact) mass is 374 g/mol. The Morgan fingerprint density at radius 3 is 2.70 bits per heavy atom. The minimum absolute atomic E-state index is 0.330. The highest BCUT2D eigenvalue weighted by molar-refractivity contribution is 5.79. The lowest BCUT2D eigenvalue weighted by atomic mass is 9.96. The van der Waals surface area contributed by atoms with E-state index < -0.39 is 5.60 Å². The third-order valence-electron chi connectivity index (χ3n) is 5.07. The summed E-state index contributed by atoms with van der Waals surface area (Å²) in [5.41, 5.74) is -0.0797. The van der Waals surface area contributed by atoms with Crippen LogP contribution in [0.15, 0.2) is 35.3 Å². The molecule has 0 radical (unpaired) electrons. The van der Waals surface area contributed by atoms with Crippen LogP contribution in [0.25, 0.3) is 0 Å². The highest BCUT2D eigenvalue weighted by Crippen LogP contribution is 2.20. The number of aliphatic hydroxyl groups is 1. The Bertz CT molecular complexity index is 571. The van der Waals surface area contributed by atoms with Crippen LogP contribution in [0.2, 0.25) is 0 Å². The molecule has 0 spiro atoms. The zero-order valence-electron chi connectivity index (χ0n) is 17.5. The van der Waals surface area contributed by atoms with Crippen molar-refractivity contribution in [3.8, 4) is 0 Å². The van der Waals surface area contributed by atoms with Crippen LogP contribution in [0.4, 0.5) is 0 Å². The van der Waals surface area contributed by atoms with Crippen LogP contribution in [0.5, 0.6) is 0 Å². The number of guanidine groups is 1. The molecule has 1 aromatic rings. The zero-order chi connectivity index (χ0) is 19.7. The van der Waals surface area contributed by atoms with Gasteiger partial charge in [-0.1, -0.05) is 44.2 Å². The Labute approximate surface area is 165 Å². The fourth-order valence-electron chi connectivity index (χ4n) is 3.70. The number of rotatable bonds is 8. The largest absolute Gasteiger partial charge is 0.384 e. The molecule has 1 aliphatic heterocycles. The van der Waals surface area contributed by atoms with Gasteiger partial charge in [-0.2, -0.15) is 0 Å². The number of nitrogens with one attached hydrogen (secondary N) is 2. The van der Waals surface area contributed by atoms with Gasteiger partial charge < -0.3 is 20.6 Å². The van der Waals surface area contributed by atoms with E-state index in [0.29, 0.717) is 12.5 Å². The molecule has 1 saturated heterocycles. The maximum atomic E-state index is 10.8. The predicted molar refractivity (Wildman–Crippen MR) is 114 cm³/mol. The van der Waals surface area contributed by atoms with E-state index in [9.17, 15) is 5.11 Å². The summed E-state index contributed by atoms with van der Waals surface area (Å²) in [5.74, 6) is 2.15. The second kappa shape index (κ2) is 10.7. The van der Waals surface area contributed by atoms with Crippen molar-refractivity contribution in [1.82, 2.24) is 15.5 Å². The summed E-state index contributed by atoms with van der Waals surface area (Å²) >= 11 is 0. The van der Waals surface area contributed by atoms with Crippen molar-refractivity contribution in [2.24, 2.45) is 16.8 Å². The molecular formula is C22H38N4O. The quantitative estimate of drug-likeness (QED) is 0.484. The van der Waals surface area contributed by atoms with Crippen molar-refractivity contribution < 1.29 is 5.11 Å². The normalized spacial score (nSPS) is 21.1. The van der Waals surface area contributed by atoms with Gasteiger partial charge in [-0.05, 0) is 50.6 Å². The topological polar surface area (TPSA) is 59.9 Å². The number of likely N-dealkylation sites (tertiary alicyclic amines) is 1. The molecule has 3 N–H and O–H groups in total. The summed E-state index contributed by atoms with van der Waals surface area (Å²) in [5, 5.41) is 17.6. The molecule has 1 fully saturated rings. The molecule has 1 aromatic carbocycles. The molecule has 0 aliphatic carbocycles. The number of nitrogens with zero attached hydrogens (tertiary/aromatic N) is 2. The Hall–Kier alpha value is -1.59. The second-order valence-corrected chi connectivity index (χ2v) is 8.38. The SMILES string of the molecule is CCNC(=NCC(C)(O)c1ccccc1)NCC1CCCN(CC(C)C)C1. The fraction of sp³-hybridized carbons (Fsp3) is 0.682. The van der Waals surface area contributed by atoms with E-state index in [1.165, 1.54) is 25.9 Å². The van der Waals surface area contributed by atoms with E-state index in [1.54, 1.807) is 0 Å². The van der Waals surface area contributed by atoms with E-state index in [1.807, 2.05) is 37.3 Å². The lowest BCUT2D eigenvalue weighted by Crippen LogP contribution is -2.45. The summed E-state index contributed by atoms with van der Waals surface area (Å²) in [6.45, 7) is 14.1. The van der Waals surface area contributed by atoms with E-state index in [2.05, 4.69) is 41.3 Å². The highest BCUT2D eigenvalue weighted by Gasteiger charge is 2.23. The Kier molecular flexibility index (Phi) is 8.58. The lowest BCUT2D eigenvalue weighted by Gasteiger charge is -2.34. The van der Waals surface area contributed by atoms with Crippen molar-refractivity contribution in [1.29, 1.82) is 0 Å². The minimum atomic E-state index is -0.970. The molecule has 0 amide bonds. The van der Waals surface area contributed by atoms with Gasteiger partial charge in [0, 0.05) is 26.2 Å². The summed E-state index contributed by atoms with van der Waals surface area (Å²) in [6.07, 6.45) is 2.54. The molecule has 2 rings (SSSR count). The maximum absolute atomic E-state index is 10.8. The van der Waals surface area contributed by atoms with Crippen molar-refractivity contribution in [3.63, 3.8) is 0 Å². The molecule has 1 heterocycles. The van der Waals surface area contributed by atoms with Crippen molar-refractivity contribution in [2.45, 2.75) is 46.1 Å². The van der Waals surface area contributed by atoms with Crippen molar-refractivity contribution in [2.75, 3.05) is 39.3 Å². The van der Waals surface area contributed by atoms with Crippen LogP contribution in [0, 0.1) is 11.8 Å². The molecule has 1 aliphatic rings. The Morgan fingerprint density at radius 1 is 1.30 bits per heavy atom. The standard InChI is InChI=1S/C22H38N4O/c1-5-23-21(25-17-22(4,27)20-11-7-6-8-12-20)24-14-19-10-9-13-26(16-19)15-18(2)3/h6-8,11-12,18-19,27H,5,9-10,13-17H2,1-4H3,(H2,23,24,25). The first kappa shape index (κ1) is 21.7. The van der Waals surface area contributed by atoms with Gasteiger partial charge in [-0.3, -0.25) is 0 Å². The first-order chi connectivity index (χ1) is 12.9. The molecule has 2 unspecified atom stereocenters. The Morgan fingerprint density at radius 2 is 2.04 bits per heavy atom. The van der Waals surface area contributed by atoms with Crippen LogP contribution in [-0.2, 0) is 5.60 Å². The molecule has 5 heteroatoms. The fourth-order valence-corrected chi connectivity index (χ4v) is 3.70. The van der Waals surface area contributed by atoms with Crippen molar-refractivity contribution >= 4 is 5.96 Å². The van der Waals surface area contributed by atoms with Gasteiger partial charge in [-0.25, -0.2) is 4.99 Å². The van der Waals surface area contributed by atoms with Crippen LogP contribution in [0.1, 0.15) is 46.1 Å². The number of aliphatic imine (C=N–C) groups is 1. The molecular weight excluding hydrogens is 336 g/mol. The zero-order valence-corrected chi connectivity index (χ0v) is 17.5. The smallest absolute Gasteiger partial charge is 0.191 e. The maximum Gasteiger partial charge on any atom is 0.191 e. The summed E-state index contributed by atoms with van der Waals surface area (Å²) in [6, 6.07) is 9.75. The lowest BCUT2D eigenvalue weighted by molar-refractivity contribution is 0.0672. The molecule has 0 saturated carbocycles. The van der Waals surface area contributed by atoms with E-state index in [4.69, 9.17) is 0 Å². The average Bonchev–Trinajstić information content (AvgIpc) is 2.64. The summed E-state index contributed by atoms with van der Waals surface area (Å²) in [4.78, 5) is 7.23. The van der Waals surface area contributed by atoms with Gasteiger partial charge in [0.1, 0.15) is 5.60 Å². The third kappa shape index (κ3) is 7.51. The van der Waals surface area contributed by atoms with Gasteiger partial charge in [0.2, 0.25) is 0 Å². The summed E-state index contributed by atoms with van der Waals surface area (Å²) in [7, 11) is 0. The van der Waals surface area contributed by atoms with Crippen LogP contribution in [0.3, 0.4) is 0 Å². The first-order valence-corrected chi connectivity index (χ1v) is 10.4. The number of hydrogen-bond acceptors (Lipinski definition) is 3. The number of hydrogen-bond donors (Lipinski definition) is 3. The highest BCUT2D eigenvalue weighted by atomic mass is 16.3.